The summed E-state index contributed by atoms with van der Waals surface area (Å²) in [6, 6.07) is 0. The Morgan fingerprint density at radius 2 is 2.21 bits per heavy atom. The van der Waals surface area contributed by atoms with Gasteiger partial charge in [-0.1, -0.05) is 6.42 Å². The molecule has 0 atom stereocenters. The Morgan fingerprint density at radius 3 is 2.43 bits per heavy atom. The molecule has 74 valence electrons. The average molecular weight is 228 g/mol. The number of carbonyl (C=O) groups is 1. The molecule has 0 radical (unpaired) electrons. The van der Waals surface area contributed by atoms with Gasteiger partial charge in [0.15, 0.2) is 0 Å². The molecule has 1 nitrogen and oxygen atoms in total. The van der Waals surface area contributed by atoms with E-state index in [1.165, 1.54) is 0 Å². The Bertz CT molecular complexity index is 285. The molecule has 0 amide bonds. The molecule has 0 heterocycles. The third kappa shape index (κ3) is 5.00. The van der Waals surface area contributed by atoms with Crippen molar-refractivity contribution in [2.24, 2.45) is 0 Å². The molecule has 14 heavy (non-hydrogen) atoms. The van der Waals surface area contributed by atoms with E-state index < -0.39 is 0 Å². The Hall–Kier alpha value is -0.851. The molecule has 0 fully saturated rings. The molecule has 0 aromatic heterocycles. The van der Waals surface area contributed by atoms with Crippen LogP contribution in [-0.4, -0.2) is 5.78 Å². The van der Waals surface area contributed by atoms with Crippen LogP contribution in [0.4, 0.5) is 0 Å². The number of carbonyl (C=O) groups excluding carboxylic acids is 1. The zero-order valence-electron chi connectivity index (χ0n) is 8.06. The van der Waals surface area contributed by atoms with Crippen molar-refractivity contribution in [2.75, 3.05) is 0 Å². The van der Waals surface area contributed by atoms with Gasteiger partial charge in [0, 0.05) is 5.78 Å². The minimum Gasteiger partial charge on any atom is -0.371 e. The second kappa shape index (κ2) is 7.54. The summed E-state index contributed by atoms with van der Waals surface area (Å²) in [6.07, 6.45) is 17.4. The van der Waals surface area contributed by atoms with E-state index in [4.69, 9.17) is 0 Å². The quantitative estimate of drug-likeness (QED) is 0.498. The molecule has 0 aromatic rings. The van der Waals surface area contributed by atoms with E-state index in [1.807, 2.05) is 24.3 Å². The van der Waals surface area contributed by atoms with Gasteiger partial charge in [-0.15, -0.1) is 12.5 Å². The van der Waals surface area contributed by atoms with Gasteiger partial charge in [-0.25, -0.2) is 12.2 Å². The molecular weight excluding hydrogens is 216 g/mol. The maximum atomic E-state index is 10.5. The van der Waals surface area contributed by atoms with Gasteiger partial charge in [-0.3, -0.25) is 6.08 Å². The first-order valence-corrected chi connectivity index (χ1v) is 4.32. The summed E-state index contributed by atoms with van der Waals surface area (Å²) >= 11 is 0. The first kappa shape index (κ1) is 13.1. The first-order valence-electron chi connectivity index (χ1n) is 4.32. The van der Waals surface area contributed by atoms with Crippen LogP contribution >= 0.6 is 0 Å². The van der Waals surface area contributed by atoms with Gasteiger partial charge in [-0.2, -0.15) is 23.8 Å². The normalized spacial score (nSPS) is 15.6. The fourth-order valence-corrected chi connectivity index (χ4v) is 0.987. The monoisotopic (exact) mass is 228 g/mol. The largest absolute Gasteiger partial charge is 2.00 e. The molecule has 0 saturated carbocycles. The molecule has 2 aliphatic rings. The zero-order valence-corrected chi connectivity index (χ0v) is 9.17. The summed E-state index contributed by atoms with van der Waals surface area (Å²) in [5.74, 6) is 0.110. The summed E-state index contributed by atoms with van der Waals surface area (Å²) in [7, 11) is 0. The van der Waals surface area contributed by atoms with E-state index >= 15 is 0 Å². The second-order valence-corrected chi connectivity index (χ2v) is 2.76. The van der Waals surface area contributed by atoms with Crippen LogP contribution in [0, 0.1) is 12.2 Å². The van der Waals surface area contributed by atoms with Crippen LogP contribution in [0.15, 0.2) is 36.0 Å². The Labute approximate surface area is 95.7 Å². The van der Waals surface area contributed by atoms with E-state index in [0.29, 0.717) is 0 Å². The Morgan fingerprint density at radius 1 is 1.43 bits per heavy atom. The maximum Gasteiger partial charge on any atom is 2.00 e. The smallest absolute Gasteiger partial charge is 0.371 e. The SMILES string of the molecule is CC(=O)C1=[C-]CC=C1.[C-]1=CCC=C1.[Fe+2]. The predicted octanol–water partition coefficient (Wildman–Crippen LogP) is 2.57. The van der Waals surface area contributed by atoms with Gasteiger partial charge < -0.3 is 4.79 Å². The van der Waals surface area contributed by atoms with Crippen molar-refractivity contribution in [1.82, 2.24) is 0 Å². The van der Waals surface area contributed by atoms with Crippen molar-refractivity contribution in [1.29, 1.82) is 0 Å². The fourth-order valence-electron chi connectivity index (χ4n) is 0.987. The van der Waals surface area contributed by atoms with E-state index in [9.17, 15) is 4.79 Å². The topological polar surface area (TPSA) is 17.1 Å². The van der Waals surface area contributed by atoms with Crippen molar-refractivity contribution in [2.45, 2.75) is 19.8 Å². The number of ketones is 1. The van der Waals surface area contributed by atoms with Gasteiger partial charge in [0.1, 0.15) is 0 Å². The molecular formula is C12H12FeO. The molecule has 2 aliphatic carbocycles. The van der Waals surface area contributed by atoms with Crippen LogP contribution in [0.3, 0.4) is 0 Å². The van der Waals surface area contributed by atoms with Crippen molar-refractivity contribution < 1.29 is 21.9 Å². The van der Waals surface area contributed by atoms with Crippen LogP contribution in [0.1, 0.15) is 19.8 Å². The number of Topliss-reactive ketones (excluding diaryl/α,β-unsaturated/α-hetero) is 1. The van der Waals surface area contributed by atoms with Crippen molar-refractivity contribution in [3.8, 4) is 0 Å². The maximum absolute atomic E-state index is 10.5. The molecule has 0 N–H and O–H groups in total. The third-order valence-corrected chi connectivity index (χ3v) is 1.66. The molecule has 0 aromatic carbocycles. The molecule has 2 rings (SSSR count). The molecule has 0 aliphatic heterocycles. The van der Waals surface area contributed by atoms with Gasteiger partial charge in [0.05, 0.1) is 0 Å². The van der Waals surface area contributed by atoms with Crippen LogP contribution in [0.5, 0.6) is 0 Å². The Balaban J connectivity index is 0.000000246. The van der Waals surface area contributed by atoms with Crippen LogP contribution in [-0.2, 0) is 21.9 Å². The number of hydrogen-bond donors (Lipinski definition) is 0. The number of hydrogen-bond acceptors (Lipinski definition) is 1. The molecule has 2 heteroatoms. The van der Waals surface area contributed by atoms with E-state index in [1.54, 1.807) is 6.92 Å². The van der Waals surface area contributed by atoms with Gasteiger partial charge in [0.25, 0.3) is 0 Å². The summed E-state index contributed by atoms with van der Waals surface area (Å²) in [5.41, 5.74) is 0.727. The van der Waals surface area contributed by atoms with Crippen LogP contribution in [0.2, 0.25) is 0 Å². The van der Waals surface area contributed by atoms with Crippen molar-refractivity contribution in [3.63, 3.8) is 0 Å². The third-order valence-electron chi connectivity index (χ3n) is 1.66. The van der Waals surface area contributed by atoms with E-state index in [0.717, 1.165) is 18.4 Å². The number of allylic oxidation sites excluding steroid dienone is 8. The minimum atomic E-state index is 0. The van der Waals surface area contributed by atoms with Gasteiger partial charge >= 0.3 is 17.1 Å². The van der Waals surface area contributed by atoms with E-state index in [2.05, 4.69) is 18.2 Å². The molecule has 0 bridgehead atoms. The summed E-state index contributed by atoms with van der Waals surface area (Å²) in [4.78, 5) is 10.5. The summed E-state index contributed by atoms with van der Waals surface area (Å²) < 4.78 is 0. The molecule has 0 spiro atoms. The van der Waals surface area contributed by atoms with Crippen LogP contribution in [0.25, 0.3) is 0 Å². The molecule has 0 unspecified atom stereocenters. The Kier molecular flexibility index (Phi) is 7.09. The second-order valence-electron chi connectivity index (χ2n) is 2.76. The minimum absolute atomic E-state index is 0. The van der Waals surface area contributed by atoms with Gasteiger partial charge in [0.2, 0.25) is 0 Å². The standard InChI is InChI=1S/C7H7O.C5H5.Fe/c1-6(8)7-4-2-3-5-7;1-2-4-5-3-1;/h2,4H,3H2,1H3;1-2,5H,3H2;/q2*-1;+2. The van der Waals surface area contributed by atoms with Crippen LogP contribution < -0.4 is 0 Å². The predicted molar refractivity (Wildman–Crippen MR) is 52.8 cm³/mol. The van der Waals surface area contributed by atoms with Crippen molar-refractivity contribution in [3.05, 3.63) is 48.1 Å². The van der Waals surface area contributed by atoms with Gasteiger partial charge in [-0.05, 0) is 6.92 Å². The van der Waals surface area contributed by atoms with E-state index in [-0.39, 0.29) is 22.9 Å². The van der Waals surface area contributed by atoms with Crippen molar-refractivity contribution >= 4 is 5.78 Å². The first-order chi connectivity index (χ1) is 6.30. The zero-order chi connectivity index (χ0) is 9.52. The summed E-state index contributed by atoms with van der Waals surface area (Å²) in [5, 5.41) is 0. The number of rotatable bonds is 1. The average Bonchev–Trinajstić information content (AvgIpc) is 2.82. The summed E-state index contributed by atoms with van der Waals surface area (Å²) in [6.45, 7) is 1.55. The molecule has 0 saturated heterocycles. The fraction of sp³-hybridized carbons (Fsp3) is 0.250.